The number of hydrogen-bond acceptors (Lipinski definition) is 7. The molecule has 286 valence electrons. The molecule has 2 aromatic carbocycles. The number of carbonyl (C=O) groups excluding carboxylic acids is 2. The fraction of sp³-hybridized carbons (Fsp3) is 0.579. The number of fused-ring (bicyclic) bond motifs is 3. The van der Waals surface area contributed by atoms with Crippen LogP contribution in [0.1, 0.15) is 80.8 Å². The normalized spacial score (nSPS) is 28.0. The maximum Gasteiger partial charge on any atom is 0.393 e. The average molecular weight is 768 g/mol. The topological polar surface area (TPSA) is 114 Å². The van der Waals surface area contributed by atoms with Gasteiger partial charge in [-0.25, -0.2) is 13.1 Å². The Bertz CT molecular complexity index is 1760. The molecule has 6 atom stereocenters. The third-order valence-electron chi connectivity index (χ3n) is 11.2. The lowest BCUT2D eigenvalue weighted by atomic mass is 9.63. The highest BCUT2D eigenvalue weighted by Crippen LogP contribution is 2.48. The van der Waals surface area contributed by atoms with Crippen molar-refractivity contribution in [2.75, 3.05) is 31.6 Å². The smallest absolute Gasteiger partial charge is 0.393 e. The van der Waals surface area contributed by atoms with Gasteiger partial charge in [-0.2, -0.15) is 13.2 Å². The number of anilines is 1. The van der Waals surface area contributed by atoms with Gasteiger partial charge in [0.25, 0.3) is 5.91 Å². The number of nitrogens with zero attached hydrogens (tertiary/aromatic N) is 1. The predicted molar refractivity (Wildman–Crippen MR) is 195 cm³/mol. The standard InChI is InChI=1S/C38H49ClF3N3O6S/c1-24-8-7-16-37(50-4,20-35(46)43-21-25(2)38(40,41)42)32-14-11-29(32)22-45-17-6-5-9-27-18-31(39)13-10-30(27)23-51-34-15-12-28(19-33(34)45)36(47)44-52(48,49)26(24)3/h7,10,12-13,15-16,18-19,24-26,29,32H,5-6,8-9,11,14,17,20-23H2,1-4H3,(H,43,46)(H,44,47)/b16-7+/t24-,25+,26+,29-,32+,37+/m0/s1. The van der Waals surface area contributed by atoms with E-state index in [1.54, 1.807) is 37.3 Å². The lowest BCUT2D eigenvalue weighted by Crippen LogP contribution is -2.53. The molecule has 2 bridgehead atoms. The van der Waals surface area contributed by atoms with Crippen LogP contribution in [0.2, 0.25) is 5.02 Å². The summed E-state index contributed by atoms with van der Waals surface area (Å²) < 4.78 is 81.5. The Labute approximate surface area is 309 Å². The van der Waals surface area contributed by atoms with Crippen LogP contribution in [-0.4, -0.2) is 64.0 Å². The highest BCUT2D eigenvalue weighted by atomic mass is 35.5. The van der Waals surface area contributed by atoms with E-state index in [2.05, 4.69) is 14.9 Å². The molecule has 2 heterocycles. The van der Waals surface area contributed by atoms with E-state index in [1.807, 2.05) is 18.2 Å². The van der Waals surface area contributed by atoms with Crippen molar-refractivity contribution in [1.82, 2.24) is 10.0 Å². The van der Waals surface area contributed by atoms with Gasteiger partial charge >= 0.3 is 6.18 Å². The number of methoxy groups -OCH3 is 1. The first-order valence-corrected chi connectivity index (χ1v) is 19.9. The van der Waals surface area contributed by atoms with Gasteiger partial charge < -0.3 is 19.7 Å². The molecule has 0 radical (unpaired) electrons. The fourth-order valence-electron chi connectivity index (χ4n) is 7.36. The monoisotopic (exact) mass is 767 g/mol. The quantitative estimate of drug-likeness (QED) is 0.309. The first-order valence-electron chi connectivity index (χ1n) is 17.9. The molecule has 0 aromatic heterocycles. The summed E-state index contributed by atoms with van der Waals surface area (Å²) in [5.41, 5.74) is 1.74. The van der Waals surface area contributed by atoms with Gasteiger partial charge in [0, 0.05) is 37.3 Å². The SMILES string of the molecule is CO[C@@]1(CC(=O)NC[C@@H](C)C(F)(F)F)/C=C/C[C@H](C)[C@@H](C)S(=O)(=O)NC(=O)c2ccc3c(c2)N(CCCCc2cc(Cl)ccc2CO3)C[C@@H]2CC[C@H]21. The van der Waals surface area contributed by atoms with Gasteiger partial charge in [-0.15, -0.1) is 0 Å². The molecule has 5 rings (SSSR count). The zero-order chi connectivity index (χ0) is 37.8. The minimum absolute atomic E-state index is 0.0163. The first kappa shape index (κ1) is 39.9. The number of rotatable bonds is 5. The van der Waals surface area contributed by atoms with Gasteiger partial charge in [0.05, 0.1) is 28.9 Å². The minimum Gasteiger partial charge on any atom is -0.487 e. The van der Waals surface area contributed by atoms with E-state index in [0.29, 0.717) is 42.4 Å². The fourth-order valence-corrected chi connectivity index (χ4v) is 8.84. The second-order valence-corrected chi connectivity index (χ2v) is 17.1. The van der Waals surface area contributed by atoms with E-state index in [1.165, 1.54) is 14.0 Å². The summed E-state index contributed by atoms with van der Waals surface area (Å²) in [4.78, 5) is 29.0. The number of amides is 2. The minimum atomic E-state index is -4.45. The van der Waals surface area contributed by atoms with E-state index in [4.69, 9.17) is 21.1 Å². The highest BCUT2D eigenvalue weighted by molar-refractivity contribution is 7.90. The number of benzene rings is 2. The number of hydrogen-bond donors (Lipinski definition) is 2. The molecule has 2 amide bonds. The van der Waals surface area contributed by atoms with Crippen molar-refractivity contribution in [1.29, 1.82) is 0 Å². The lowest BCUT2D eigenvalue weighted by Gasteiger charge is -2.49. The van der Waals surface area contributed by atoms with Crippen molar-refractivity contribution in [3.63, 3.8) is 0 Å². The summed E-state index contributed by atoms with van der Waals surface area (Å²) in [5, 5.41) is 2.15. The predicted octanol–water partition coefficient (Wildman–Crippen LogP) is 7.22. The average Bonchev–Trinajstić information content (AvgIpc) is 3.10. The van der Waals surface area contributed by atoms with E-state index in [0.717, 1.165) is 43.7 Å². The van der Waals surface area contributed by atoms with E-state index < -0.39 is 57.2 Å². The Morgan fingerprint density at radius 2 is 1.92 bits per heavy atom. The Morgan fingerprint density at radius 1 is 1.15 bits per heavy atom. The van der Waals surface area contributed by atoms with Gasteiger partial charge in [0.2, 0.25) is 15.9 Å². The molecule has 1 aliphatic carbocycles. The maximum absolute atomic E-state index is 13.5. The Kier molecular flexibility index (Phi) is 12.6. The second kappa shape index (κ2) is 16.4. The van der Waals surface area contributed by atoms with Gasteiger partial charge in [0.15, 0.2) is 0 Å². The van der Waals surface area contributed by atoms with Crippen LogP contribution < -0.4 is 19.7 Å². The van der Waals surface area contributed by atoms with Crippen molar-refractivity contribution in [2.45, 2.75) is 89.4 Å². The van der Waals surface area contributed by atoms with Crippen molar-refractivity contribution < 1.29 is 40.7 Å². The largest absolute Gasteiger partial charge is 0.487 e. The van der Waals surface area contributed by atoms with Gasteiger partial charge in [-0.1, -0.05) is 43.7 Å². The number of carbonyl (C=O) groups is 2. The number of allylic oxidation sites excluding steroid dienone is 1. The van der Waals surface area contributed by atoms with E-state index in [-0.39, 0.29) is 30.4 Å². The molecule has 3 aliphatic rings. The summed E-state index contributed by atoms with van der Waals surface area (Å²) in [7, 11) is -2.60. The zero-order valence-electron chi connectivity index (χ0n) is 30.1. The molecular weight excluding hydrogens is 719 g/mol. The van der Waals surface area contributed by atoms with Crippen LogP contribution in [0.4, 0.5) is 18.9 Å². The number of ether oxygens (including phenoxy) is 2. The number of sulfonamides is 1. The molecule has 9 nitrogen and oxygen atoms in total. The summed E-state index contributed by atoms with van der Waals surface area (Å²) in [6.45, 7) is 5.13. The van der Waals surface area contributed by atoms with E-state index in [9.17, 15) is 31.2 Å². The van der Waals surface area contributed by atoms with Crippen LogP contribution >= 0.6 is 11.6 Å². The molecule has 2 aromatic rings. The van der Waals surface area contributed by atoms with Crippen LogP contribution in [0.5, 0.6) is 5.75 Å². The van der Waals surface area contributed by atoms with Gasteiger partial charge in [-0.05, 0) is 105 Å². The molecule has 2 aliphatic heterocycles. The summed E-state index contributed by atoms with van der Waals surface area (Å²) >= 11 is 6.33. The molecule has 1 saturated carbocycles. The Hall–Kier alpha value is -3.29. The van der Waals surface area contributed by atoms with Gasteiger partial charge in [-0.3, -0.25) is 9.59 Å². The second-order valence-electron chi connectivity index (χ2n) is 14.6. The summed E-state index contributed by atoms with van der Waals surface area (Å²) in [5.74, 6) is -3.08. The molecule has 52 heavy (non-hydrogen) atoms. The van der Waals surface area contributed by atoms with Gasteiger partial charge in [0.1, 0.15) is 12.4 Å². The van der Waals surface area contributed by atoms with Crippen LogP contribution in [-0.2, 0) is 32.6 Å². The number of nitrogens with one attached hydrogen (secondary N) is 2. The third-order valence-corrected chi connectivity index (χ3v) is 13.3. The maximum atomic E-state index is 13.5. The van der Waals surface area contributed by atoms with Crippen molar-refractivity contribution >= 4 is 39.1 Å². The van der Waals surface area contributed by atoms with Crippen molar-refractivity contribution in [2.24, 2.45) is 23.7 Å². The highest BCUT2D eigenvalue weighted by Gasteiger charge is 2.48. The number of halogens is 4. The van der Waals surface area contributed by atoms with Crippen LogP contribution in [0, 0.1) is 23.7 Å². The van der Waals surface area contributed by atoms with Crippen molar-refractivity contribution in [3.05, 3.63) is 70.3 Å². The van der Waals surface area contributed by atoms with Crippen LogP contribution in [0.25, 0.3) is 0 Å². The molecule has 14 heteroatoms. The zero-order valence-corrected chi connectivity index (χ0v) is 31.7. The number of aryl methyl sites for hydroxylation is 1. The van der Waals surface area contributed by atoms with Crippen LogP contribution in [0.15, 0.2) is 48.6 Å². The molecule has 2 N–H and O–H groups in total. The summed E-state index contributed by atoms with van der Waals surface area (Å²) in [6.07, 6.45) is 3.19. The van der Waals surface area contributed by atoms with E-state index >= 15 is 0 Å². The molecular formula is C38H49ClF3N3O6S. The van der Waals surface area contributed by atoms with Crippen LogP contribution in [0.3, 0.4) is 0 Å². The molecule has 0 saturated heterocycles. The first-order chi connectivity index (χ1) is 24.5. The molecule has 0 spiro atoms. The number of alkyl halides is 3. The molecule has 1 fully saturated rings. The Balaban J connectivity index is 1.54. The Morgan fingerprint density at radius 3 is 2.62 bits per heavy atom. The summed E-state index contributed by atoms with van der Waals surface area (Å²) in [6, 6.07) is 10.7. The molecule has 0 unspecified atom stereocenters. The lowest BCUT2D eigenvalue weighted by molar-refractivity contribution is -0.169. The van der Waals surface area contributed by atoms with Crippen molar-refractivity contribution in [3.8, 4) is 5.75 Å². The third kappa shape index (κ3) is 9.25.